The molecule has 2 N–H and O–H groups in total. The summed E-state index contributed by atoms with van der Waals surface area (Å²) in [6.07, 6.45) is 2.54. The Bertz CT molecular complexity index is 1510. The molecule has 4 rings (SSSR count). The van der Waals surface area contributed by atoms with Crippen LogP contribution in [0.1, 0.15) is 5.56 Å². The Kier molecular flexibility index (Phi) is 8.79. The molecule has 0 aliphatic rings. The molecule has 0 fully saturated rings. The second-order valence-corrected chi connectivity index (χ2v) is 9.78. The van der Waals surface area contributed by atoms with Crippen molar-refractivity contribution in [3.8, 4) is 11.4 Å². The zero-order chi connectivity index (χ0) is 27.0. The van der Waals surface area contributed by atoms with Crippen LogP contribution < -0.4 is 10.0 Å². The van der Waals surface area contributed by atoms with E-state index in [1.807, 2.05) is 31.2 Å². The number of benzene rings is 1. The Hall–Kier alpha value is -4.13. The fourth-order valence-electron chi connectivity index (χ4n) is 3.53. The molecule has 198 valence electrons. The van der Waals surface area contributed by atoms with Gasteiger partial charge in [0.1, 0.15) is 12.1 Å². The first-order chi connectivity index (χ1) is 18.4. The summed E-state index contributed by atoms with van der Waals surface area (Å²) in [4.78, 5) is 25.2. The number of amides is 1. The van der Waals surface area contributed by atoms with E-state index in [0.29, 0.717) is 41.2 Å². The molecule has 1 amide bonds. The second-order valence-electron chi connectivity index (χ2n) is 8.10. The molecule has 0 unspecified atom stereocenters. The third-order valence-electron chi connectivity index (χ3n) is 5.37. The number of methoxy groups -OCH3 is 1. The van der Waals surface area contributed by atoms with Gasteiger partial charge in [-0.3, -0.25) is 20.0 Å². The number of aryl methyl sites for hydroxylation is 1. The van der Waals surface area contributed by atoms with E-state index < -0.39 is 16.1 Å². The van der Waals surface area contributed by atoms with Crippen molar-refractivity contribution in [1.82, 2.24) is 15.0 Å². The molecule has 3 heterocycles. The van der Waals surface area contributed by atoms with Gasteiger partial charge in [0.05, 0.1) is 36.1 Å². The maximum Gasteiger partial charge on any atom is 0.411 e. The lowest BCUT2D eigenvalue weighted by molar-refractivity contribution is 0.0447. The first kappa shape index (κ1) is 26.9. The largest absolute Gasteiger partial charge is 0.447 e. The van der Waals surface area contributed by atoms with E-state index in [1.54, 1.807) is 25.6 Å². The average Bonchev–Trinajstić information content (AvgIpc) is 2.91. The van der Waals surface area contributed by atoms with Crippen LogP contribution in [0, 0.1) is 6.92 Å². The maximum atomic E-state index is 13.2. The van der Waals surface area contributed by atoms with Gasteiger partial charge in [0, 0.05) is 30.6 Å². The van der Waals surface area contributed by atoms with Gasteiger partial charge in [-0.05, 0) is 55.0 Å². The summed E-state index contributed by atoms with van der Waals surface area (Å²) < 4.78 is 44.1. The highest BCUT2D eigenvalue weighted by atomic mass is 32.2. The van der Waals surface area contributed by atoms with E-state index in [4.69, 9.17) is 14.2 Å². The van der Waals surface area contributed by atoms with Crippen molar-refractivity contribution < 1.29 is 27.4 Å². The quantitative estimate of drug-likeness (QED) is 0.271. The molecule has 11 nitrogen and oxygen atoms in total. The van der Waals surface area contributed by atoms with Gasteiger partial charge in [0.25, 0.3) is 10.0 Å². The number of rotatable bonds is 11. The van der Waals surface area contributed by atoms with Crippen molar-refractivity contribution in [3.63, 3.8) is 0 Å². The van der Waals surface area contributed by atoms with Crippen molar-refractivity contribution in [2.75, 3.05) is 43.6 Å². The highest BCUT2D eigenvalue weighted by Gasteiger charge is 2.19. The Morgan fingerprint density at radius 1 is 0.947 bits per heavy atom. The van der Waals surface area contributed by atoms with E-state index in [0.717, 1.165) is 5.56 Å². The van der Waals surface area contributed by atoms with Crippen LogP contribution in [0.4, 0.5) is 16.3 Å². The van der Waals surface area contributed by atoms with Gasteiger partial charge in [0.15, 0.2) is 5.82 Å². The van der Waals surface area contributed by atoms with Crippen LogP contribution in [0.2, 0.25) is 0 Å². The van der Waals surface area contributed by atoms with Gasteiger partial charge < -0.3 is 14.2 Å². The highest BCUT2D eigenvalue weighted by Crippen LogP contribution is 2.28. The summed E-state index contributed by atoms with van der Waals surface area (Å²) in [5.74, 6) is 0.0849. The van der Waals surface area contributed by atoms with Gasteiger partial charge in [-0.25, -0.2) is 18.2 Å². The van der Waals surface area contributed by atoms with Crippen LogP contribution in [0.5, 0.6) is 0 Å². The number of fused-ring (bicyclic) bond motifs is 1. The van der Waals surface area contributed by atoms with Crippen LogP contribution in [0.25, 0.3) is 22.3 Å². The van der Waals surface area contributed by atoms with E-state index in [9.17, 15) is 13.2 Å². The van der Waals surface area contributed by atoms with Crippen molar-refractivity contribution >= 4 is 38.5 Å². The lowest BCUT2D eigenvalue weighted by atomic mass is 10.1. The molecule has 4 aromatic rings. The molecule has 3 aromatic heterocycles. The van der Waals surface area contributed by atoms with Gasteiger partial charge in [0.2, 0.25) is 0 Å². The van der Waals surface area contributed by atoms with Crippen LogP contribution in [-0.4, -0.2) is 63.0 Å². The topological polar surface area (TPSA) is 142 Å². The van der Waals surface area contributed by atoms with Crippen molar-refractivity contribution in [2.45, 2.75) is 11.8 Å². The zero-order valence-corrected chi connectivity index (χ0v) is 21.7. The van der Waals surface area contributed by atoms with E-state index in [2.05, 4.69) is 25.0 Å². The van der Waals surface area contributed by atoms with E-state index in [1.165, 1.54) is 24.3 Å². The number of nitrogens with zero attached hydrogens (tertiary/aromatic N) is 3. The third kappa shape index (κ3) is 6.79. The minimum atomic E-state index is -4.03. The number of hydrogen-bond donors (Lipinski definition) is 2. The van der Waals surface area contributed by atoms with Gasteiger partial charge in [-0.1, -0.05) is 12.1 Å². The monoisotopic (exact) mass is 537 g/mol. The number of aromatic nitrogens is 3. The third-order valence-corrected chi connectivity index (χ3v) is 6.73. The van der Waals surface area contributed by atoms with Gasteiger partial charge >= 0.3 is 6.09 Å². The number of sulfonamides is 1. The Morgan fingerprint density at radius 2 is 1.68 bits per heavy atom. The summed E-state index contributed by atoms with van der Waals surface area (Å²) in [5.41, 5.74) is 2.83. The average molecular weight is 538 g/mol. The summed E-state index contributed by atoms with van der Waals surface area (Å²) in [7, 11) is -2.46. The van der Waals surface area contributed by atoms with Crippen LogP contribution >= 0.6 is 0 Å². The fourth-order valence-corrected chi connectivity index (χ4v) is 4.54. The minimum absolute atomic E-state index is 0.0201. The predicted octanol–water partition coefficient (Wildman–Crippen LogP) is 4.01. The molecule has 12 heteroatoms. The minimum Gasteiger partial charge on any atom is -0.447 e. The fraction of sp³-hybridized carbons (Fsp3) is 0.231. The van der Waals surface area contributed by atoms with Crippen molar-refractivity contribution in [2.24, 2.45) is 0 Å². The predicted molar refractivity (Wildman–Crippen MR) is 142 cm³/mol. The van der Waals surface area contributed by atoms with Crippen LogP contribution in [0.15, 0.2) is 71.9 Å². The standard InChI is InChI=1S/C26H27N5O6S/c1-18-5-3-11-27-23(18)22-17-19-6-4-12-28-24(19)25(30-22)31-38(33,34)21-9-7-20(8-10-21)29-26(32)37-16-15-36-14-13-35-2/h3-12,17H,13-16H2,1-2H3,(H,29,32)(H,30,31). The molecule has 38 heavy (non-hydrogen) atoms. The number of pyridine rings is 3. The Morgan fingerprint density at radius 3 is 2.45 bits per heavy atom. The summed E-state index contributed by atoms with van der Waals surface area (Å²) >= 11 is 0. The highest BCUT2D eigenvalue weighted by molar-refractivity contribution is 7.92. The lowest BCUT2D eigenvalue weighted by Gasteiger charge is -2.13. The molecule has 0 saturated carbocycles. The number of carbonyl (C=O) groups excluding carboxylic acids is 1. The molecule has 0 bridgehead atoms. The van der Waals surface area contributed by atoms with Crippen LogP contribution in [0.3, 0.4) is 0 Å². The van der Waals surface area contributed by atoms with Crippen molar-refractivity contribution in [3.05, 3.63) is 72.6 Å². The number of ether oxygens (including phenoxy) is 3. The van der Waals surface area contributed by atoms with E-state index >= 15 is 0 Å². The molecule has 0 aliphatic heterocycles. The molecule has 0 saturated heterocycles. The normalized spacial score (nSPS) is 11.3. The summed E-state index contributed by atoms with van der Waals surface area (Å²) in [6.45, 7) is 3.06. The number of hydrogen-bond acceptors (Lipinski definition) is 9. The first-order valence-corrected chi connectivity index (χ1v) is 13.2. The molecule has 0 aliphatic carbocycles. The van der Waals surface area contributed by atoms with Gasteiger partial charge in [-0.15, -0.1) is 0 Å². The summed E-state index contributed by atoms with van der Waals surface area (Å²) in [5, 5.41) is 3.25. The summed E-state index contributed by atoms with van der Waals surface area (Å²) in [6, 6.07) is 14.8. The molecule has 0 radical (unpaired) electrons. The SMILES string of the molecule is COCCOCCOC(=O)Nc1ccc(S(=O)(=O)Nc2nc(-c3ncccc3C)cc3cccnc23)cc1. The number of carbonyl (C=O) groups is 1. The van der Waals surface area contributed by atoms with Crippen molar-refractivity contribution in [1.29, 1.82) is 0 Å². The molecular formula is C26H27N5O6S. The number of anilines is 2. The molecular weight excluding hydrogens is 510 g/mol. The Balaban J connectivity index is 1.48. The maximum absolute atomic E-state index is 13.2. The lowest BCUT2D eigenvalue weighted by Crippen LogP contribution is -2.18. The van der Waals surface area contributed by atoms with Gasteiger partial charge in [-0.2, -0.15) is 0 Å². The van der Waals surface area contributed by atoms with E-state index in [-0.39, 0.29) is 23.9 Å². The molecule has 0 atom stereocenters. The first-order valence-electron chi connectivity index (χ1n) is 11.7. The Labute approximate surface area is 220 Å². The number of nitrogens with one attached hydrogen (secondary N) is 2. The smallest absolute Gasteiger partial charge is 0.411 e. The van der Waals surface area contributed by atoms with Crippen LogP contribution in [-0.2, 0) is 24.2 Å². The molecule has 1 aromatic carbocycles. The second kappa shape index (κ2) is 12.4. The molecule has 0 spiro atoms. The zero-order valence-electron chi connectivity index (χ0n) is 20.9.